The number of hydrogen-bond acceptors (Lipinski definition) is 8. The lowest BCUT2D eigenvalue weighted by atomic mass is 10.0. The first-order valence-corrected chi connectivity index (χ1v) is 9.54. The van der Waals surface area contributed by atoms with E-state index in [9.17, 15) is 29.3 Å². The summed E-state index contributed by atoms with van der Waals surface area (Å²) in [5.41, 5.74) is -2.58. The van der Waals surface area contributed by atoms with E-state index in [4.69, 9.17) is 26.6 Å². The van der Waals surface area contributed by atoms with Gasteiger partial charge in [0.2, 0.25) is 0 Å². The largest absolute Gasteiger partial charge is 0.480 e. The minimum absolute atomic E-state index is 0.174. The number of ether oxygens (including phenoxy) is 1. The van der Waals surface area contributed by atoms with E-state index in [-0.39, 0.29) is 4.77 Å². The highest BCUT2D eigenvalue weighted by atomic mass is 32.1. The number of aliphatic hydroxyl groups excluding tert-OH is 1. The summed E-state index contributed by atoms with van der Waals surface area (Å²) in [5.74, 6) is -1.37. The molecule has 0 bridgehead atoms. The molecule has 27 heavy (non-hydrogen) atoms. The first kappa shape index (κ1) is 23.6. The van der Waals surface area contributed by atoms with Gasteiger partial charge in [0, 0.05) is 19.4 Å². The summed E-state index contributed by atoms with van der Waals surface area (Å²) in [6.45, 7) is 1.65. The molecule has 0 radical (unpaired) electrons. The fourth-order valence-electron chi connectivity index (χ4n) is 2.07. The highest BCUT2D eigenvalue weighted by Gasteiger charge is 2.40. The Hall–Kier alpha value is -1.44. The van der Waals surface area contributed by atoms with Crippen LogP contribution in [0.2, 0.25) is 0 Å². The second-order valence-corrected chi connectivity index (χ2v) is 7.74. The van der Waals surface area contributed by atoms with Crippen molar-refractivity contribution < 1.29 is 38.8 Å². The molecule has 5 unspecified atom stereocenters. The van der Waals surface area contributed by atoms with Crippen LogP contribution in [0.3, 0.4) is 0 Å². The van der Waals surface area contributed by atoms with E-state index in [1.807, 2.05) is 5.09 Å². The minimum atomic E-state index is -4.53. The second kappa shape index (κ2) is 9.17. The molecule has 1 aromatic heterocycles. The number of hydrogen-bond donors (Lipinski definition) is 6. The molecule has 0 aliphatic rings. The van der Waals surface area contributed by atoms with Crippen LogP contribution in [0.4, 0.5) is 0 Å². The van der Waals surface area contributed by atoms with Crippen LogP contribution in [0.25, 0.3) is 0 Å². The maximum atomic E-state index is 11.9. The number of rotatable bonds is 10. The van der Waals surface area contributed by atoms with Crippen LogP contribution in [0.1, 0.15) is 13.8 Å². The summed E-state index contributed by atoms with van der Waals surface area (Å²) in [5, 5.41) is 31.7. The van der Waals surface area contributed by atoms with Crippen molar-refractivity contribution in [3.05, 3.63) is 27.4 Å². The SMILES string of the molecule is COC(COP(=O)(O)NC(C)C(=O)O)C(O)C(C)(O)n1ccc(=O)[nH]c1=S. The molecule has 0 amide bonds. The Morgan fingerprint density at radius 1 is 1.56 bits per heavy atom. The summed E-state index contributed by atoms with van der Waals surface area (Å²) < 4.78 is 22.5. The van der Waals surface area contributed by atoms with Gasteiger partial charge >= 0.3 is 13.7 Å². The summed E-state index contributed by atoms with van der Waals surface area (Å²) >= 11 is 4.94. The molecule has 1 heterocycles. The lowest BCUT2D eigenvalue weighted by molar-refractivity contribution is -0.176. The number of aliphatic hydroxyl groups is 2. The molecule has 12 nitrogen and oxygen atoms in total. The van der Waals surface area contributed by atoms with Crippen molar-refractivity contribution in [2.45, 2.75) is 37.8 Å². The van der Waals surface area contributed by atoms with Gasteiger partial charge in [0.25, 0.3) is 5.56 Å². The molecule has 0 aliphatic heterocycles. The van der Waals surface area contributed by atoms with Gasteiger partial charge in [-0.05, 0) is 26.1 Å². The third-order valence-corrected chi connectivity index (χ3v) is 5.18. The third-order valence-electron chi connectivity index (χ3n) is 3.67. The molecule has 0 aliphatic carbocycles. The van der Waals surface area contributed by atoms with Gasteiger partial charge in [-0.3, -0.25) is 23.7 Å². The van der Waals surface area contributed by atoms with Crippen molar-refractivity contribution >= 4 is 25.9 Å². The van der Waals surface area contributed by atoms with Crippen molar-refractivity contribution in [1.29, 1.82) is 0 Å². The maximum Gasteiger partial charge on any atom is 0.403 e. The lowest BCUT2D eigenvalue weighted by Crippen LogP contribution is -2.51. The van der Waals surface area contributed by atoms with Crippen LogP contribution < -0.4 is 10.6 Å². The predicted molar refractivity (Wildman–Crippen MR) is 94.6 cm³/mol. The summed E-state index contributed by atoms with van der Waals surface area (Å²) in [7, 11) is -3.37. The molecule has 0 fully saturated rings. The average Bonchev–Trinajstić information content (AvgIpc) is 2.54. The van der Waals surface area contributed by atoms with Gasteiger partial charge in [0.15, 0.2) is 10.5 Å². The van der Waals surface area contributed by atoms with Crippen LogP contribution >= 0.6 is 20.0 Å². The Kier molecular flexibility index (Phi) is 8.01. The maximum absolute atomic E-state index is 11.9. The fraction of sp³-hybridized carbons (Fsp3) is 0.615. The highest BCUT2D eigenvalue weighted by molar-refractivity contribution is 7.71. The molecule has 154 valence electrons. The van der Waals surface area contributed by atoms with E-state index < -0.39 is 49.9 Å². The standard InChI is InChI=1S/C13H22N3O9PS/c1-7(11(19)20)15-26(22,23)25-6-8(24-3)10(18)13(2,21)16-5-4-9(17)14-12(16)27/h4-5,7-8,10,18,21H,6H2,1-3H3,(H,19,20)(H,14,17,27)(H2,15,22,23). The van der Waals surface area contributed by atoms with Crippen LogP contribution in [0, 0.1) is 4.77 Å². The van der Waals surface area contributed by atoms with Crippen LogP contribution in [0.5, 0.6) is 0 Å². The summed E-state index contributed by atoms with van der Waals surface area (Å²) in [6.07, 6.45) is -1.86. The van der Waals surface area contributed by atoms with Crippen LogP contribution in [0.15, 0.2) is 17.1 Å². The van der Waals surface area contributed by atoms with E-state index >= 15 is 0 Å². The number of H-pyrrole nitrogens is 1. The van der Waals surface area contributed by atoms with Gasteiger partial charge in [0.05, 0.1) is 6.61 Å². The van der Waals surface area contributed by atoms with Crippen molar-refractivity contribution in [3.8, 4) is 0 Å². The van der Waals surface area contributed by atoms with E-state index in [0.29, 0.717) is 0 Å². The number of aromatic nitrogens is 2. The number of nitrogens with zero attached hydrogens (tertiary/aromatic N) is 1. The highest BCUT2D eigenvalue weighted by Crippen LogP contribution is 2.38. The average molecular weight is 427 g/mol. The number of aromatic amines is 1. The molecular weight excluding hydrogens is 405 g/mol. The van der Waals surface area contributed by atoms with Crippen molar-refractivity contribution in [1.82, 2.24) is 14.6 Å². The molecule has 0 saturated heterocycles. The molecule has 1 rings (SSSR count). The predicted octanol–water partition coefficient (Wildman–Crippen LogP) is -0.874. The van der Waals surface area contributed by atoms with Gasteiger partial charge < -0.3 is 24.9 Å². The lowest BCUT2D eigenvalue weighted by Gasteiger charge is -2.35. The van der Waals surface area contributed by atoms with Crippen molar-refractivity contribution in [2.75, 3.05) is 13.7 Å². The van der Waals surface area contributed by atoms with Gasteiger partial charge in [-0.2, -0.15) is 0 Å². The van der Waals surface area contributed by atoms with E-state index in [1.54, 1.807) is 0 Å². The molecule has 6 N–H and O–H groups in total. The Morgan fingerprint density at radius 3 is 2.63 bits per heavy atom. The van der Waals surface area contributed by atoms with Crippen molar-refractivity contribution in [2.24, 2.45) is 0 Å². The zero-order valence-electron chi connectivity index (χ0n) is 14.7. The van der Waals surface area contributed by atoms with Gasteiger partial charge in [-0.25, -0.2) is 9.65 Å². The van der Waals surface area contributed by atoms with Gasteiger partial charge in [0.1, 0.15) is 18.2 Å². The number of aliphatic carboxylic acids is 1. The van der Waals surface area contributed by atoms with Crippen molar-refractivity contribution in [3.63, 3.8) is 0 Å². The van der Waals surface area contributed by atoms with E-state index in [0.717, 1.165) is 30.9 Å². The summed E-state index contributed by atoms with van der Waals surface area (Å²) in [4.78, 5) is 33.9. The Balaban J connectivity index is 2.94. The normalized spacial score (nSPS) is 19.5. The first-order chi connectivity index (χ1) is 12.3. The monoisotopic (exact) mass is 427 g/mol. The number of methoxy groups -OCH3 is 1. The number of carboxylic acids is 1. The van der Waals surface area contributed by atoms with Crippen LogP contribution in [-0.2, 0) is 24.3 Å². The van der Waals surface area contributed by atoms with Crippen LogP contribution in [-0.4, -0.2) is 67.7 Å². The molecule has 14 heteroatoms. The zero-order valence-corrected chi connectivity index (χ0v) is 16.4. The Morgan fingerprint density at radius 2 is 2.15 bits per heavy atom. The minimum Gasteiger partial charge on any atom is -0.480 e. The third kappa shape index (κ3) is 6.30. The molecule has 1 aromatic rings. The number of carbonyl (C=O) groups is 1. The molecule has 0 saturated carbocycles. The molecule has 5 atom stereocenters. The Labute approximate surface area is 159 Å². The molecular formula is C13H22N3O9PS. The number of carboxylic acid groups (broad SMARTS) is 1. The smallest absolute Gasteiger partial charge is 0.403 e. The van der Waals surface area contributed by atoms with E-state index in [2.05, 4.69) is 4.98 Å². The zero-order chi connectivity index (χ0) is 21.0. The Bertz CT molecular complexity index is 824. The topological polar surface area (TPSA) is 183 Å². The quantitative estimate of drug-likeness (QED) is 0.201. The van der Waals surface area contributed by atoms with E-state index in [1.165, 1.54) is 6.92 Å². The fourth-order valence-corrected chi connectivity index (χ4v) is 3.44. The number of nitrogens with one attached hydrogen (secondary N) is 2. The second-order valence-electron chi connectivity index (χ2n) is 5.80. The molecule has 0 aromatic carbocycles. The summed E-state index contributed by atoms with van der Waals surface area (Å²) in [6, 6.07) is -0.289. The van der Waals surface area contributed by atoms with Gasteiger partial charge in [-0.15, -0.1) is 0 Å². The molecule has 0 spiro atoms. The van der Waals surface area contributed by atoms with Gasteiger partial charge in [-0.1, -0.05) is 0 Å². The first-order valence-electron chi connectivity index (χ1n) is 7.55.